The fourth-order valence-electron chi connectivity index (χ4n) is 2.85. The Kier molecular flexibility index (Phi) is 5.28. The molecule has 1 aliphatic heterocycles. The van der Waals surface area contributed by atoms with Crippen LogP contribution in [0.2, 0.25) is 0 Å². The lowest BCUT2D eigenvalue weighted by molar-refractivity contribution is -0.122. The van der Waals surface area contributed by atoms with E-state index < -0.39 is 0 Å². The summed E-state index contributed by atoms with van der Waals surface area (Å²) in [4.78, 5) is 12.1. The third-order valence-electron chi connectivity index (χ3n) is 4.59. The van der Waals surface area contributed by atoms with Gasteiger partial charge in [0, 0.05) is 31.5 Å². The van der Waals surface area contributed by atoms with Gasteiger partial charge >= 0.3 is 0 Å². The number of carbonyl (C=O) groups excluding carboxylic acids is 1. The van der Waals surface area contributed by atoms with Crippen molar-refractivity contribution in [2.75, 3.05) is 19.6 Å². The average molecular weight is 309 g/mol. The van der Waals surface area contributed by atoms with E-state index in [9.17, 15) is 4.79 Å². The molecular formula is C17H25ClN2O. The molecule has 2 aliphatic rings. The fourth-order valence-corrected chi connectivity index (χ4v) is 2.85. The van der Waals surface area contributed by atoms with Crippen LogP contribution in [-0.4, -0.2) is 25.5 Å². The third kappa shape index (κ3) is 3.78. The molecule has 0 radical (unpaired) electrons. The molecule has 21 heavy (non-hydrogen) atoms. The van der Waals surface area contributed by atoms with E-state index >= 15 is 0 Å². The van der Waals surface area contributed by atoms with Gasteiger partial charge in [-0.05, 0) is 29.4 Å². The van der Waals surface area contributed by atoms with Gasteiger partial charge in [-0.25, -0.2) is 0 Å². The second-order valence-corrected chi connectivity index (χ2v) is 6.54. The Balaban J connectivity index is 0.00000161. The van der Waals surface area contributed by atoms with E-state index in [-0.39, 0.29) is 24.2 Å². The van der Waals surface area contributed by atoms with Gasteiger partial charge in [0.25, 0.3) is 0 Å². The van der Waals surface area contributed by atoms with Crippen molar-refractivity contribution in [3.8, 4) is 0 Å². The predicted molar refractivity (Wildman–Crippen MR) is 88.0 cm³/mol. The first kappa shape index (κ1) is 16.3. The van der Waals surface area contributed by atoms with Crippen LogP contribution in [0.1, 0.15) is 43.2 Å². The minimum absolute atomic E-state index is 0. The van der Waals surface area contributed by atoms with E-state index in [0.29, 0.717) is 17.8 Å². The van der Waals surface area contributed by atoms with Gasteiger partial charge in [0.05, 0.1) is 0 Å². The maximum atomic E-state index is 12.1. The number of hydrogen-bond donors (Lipinski definition) is 2. The molecule has 2 unspecified atom stereocenters. The molecule has 1 aliphatic carbocycles. The van der Waals surface area contributed by atoms with E-state index in [4.69, 9.17) is 0 Å². The number of rotatable bonds is 5. The van der Waals surface area contributed by atoms with E-state index in [2.05, 4.69) is 48.7 Å². The fraction of sp³-hybridized carbons (Fsp3) is 0.588. The van der Waals surface area contributed by atoms with Crippen molar-refractivity contribution in [3.63, 3.8) is 0 Å². The number of benzene rings is 1. The SMILES string of the molecule is CC(C)c1ccc(C2CC2C(=O)NCC2CNC2)cc1.Cl. The maximum Gasteiger partial charge on any atom is 0.223 e. The Hall–Kier alpha value is -1.06. The van der Waals surface area contributed by atoms with Crippen molar-refractivity contribution in [1.82, 2.24) is 10.6 Å². The first-order valence-corrected chi connectivity index (χ1v) is 7.73. The third-order valence-corrected chi connectivity index (χ3v) is 4.59. The molecule has 1 saturated carbocycles. The van der Waals surface area contributed by atoms with Crippen molar-refractivity contribution in [2.45, 2.75) is 32.1 Å². The summed E-state index contributed by atoms with van der Waals surface area (Å²) in [6, 6.07) is 8.80. The van der Waals surface area contributed by atoms with Crippen LogP contribution in [0, 0.1) is 11.8 Å². The molecule has 3 rings (SSSR count). The lowest BCUT2D eigenvalue weighted by Gasteiger charge is -2.27. The highest BCUT2D eigenvalue weighted by molar-refractivity contribution is 5.85. The highest BCUT2D eigenvalue weighted by atomic mass is 35.5. The van der Waals surface area contributed by atoms with Crippen molar-refractivity contribution >= 4 is 18.3 Å². The number of nitrogens with one attached hydrogen (secondary N) is 2. The molecule has 1 heterocycles. The molecule has 0 aromatic heterocycles. The summed E-state index contributed by atoms with van der Waals surface area (Å²) >= 11 is 0. The standard InChI is InChI=1S/C17H24N2O.ClH/c1-11(2)13-3-5-14(6-4-13)15-7-16(15)17(20)19-10-12-8-18-9-12;/h3-6,11-12,15-16,18H,7-10H2,1-2H3,(H,19,20);1H. The van der Waals surface area contributed by atoms with E-state index in [1.165, 1.54) is 11.1 Å². The first-order valence-electron chi connectivity index (χ1n) is 7.73. The van der Waals surface area contributed by atoms with Crippen molar-refractivity contribution in [1.29, 1.82) is 0 Å². The van der Waals surface area contributed by atoms with Crippen LogP contribution >= 0.6 is 12.4 Å². The molecule has 1 saturated heterocycles. The Morgan fingerprint density at radius 1 is 1.29 bits per heavy atom. The lowest BCUT2D eigenvalue weighted by Crippen LogP contribution is -2.48. The van der Waals surface area contributed by atoms with Crippen LogP contribution in [0.5, 0.6) is 0 Å². The smallest absolute Gasteiger partial charge is 0.223 e. The van der Waals surface area contributed by atoms with Crippen molar-refractivity contribution in [3.05, 3.63) is 35.4 Å². The summed E-state index contributed by atoms with van der Waals surface area (Å²) in [5, 5.41) is 6.32. The quantitative estimate of drug-likeness (QED) is 0.878. The summed E-state index contributed by atoms with van der Waals surface area (Å²) in [5.74, 6) is 2.10. The van der Waals surface area contributed by atoms with Crippen LogP contribution in [0.3, 0.4) is 0 Å². The summed E-state index contributed by atoms with van der Waals surface area (Å²) in [5.41, 5.74) is 2.69. The molecule has 4 heteroatoms. The van der Waals surface area contributed by atoms with Crippen LogP contribution in [0.15, 0.2) is 24.3 Å². The normalized spacial score (nSPS) is 24.1. The molecule has 1 amide bonds. The molecule has 116 valence electrons. The van der Waals surface area contributed by atoms with Gasteiger partial charge in [0.2, 0.25) is 5.91 Å². The minimum atomic E-state index is 0. The molecule has 2 N–H and O–H groups in total. The number of halogens is 1. The van der Waals surface area contributed by atoms with Gasteiger partial charge in [0.1, 0.15) is 0 Å². The number of hydrogen-bond acceptors (Lipinski definition) is 2. The summed E-state index contributed by atoms with van der Waals surface area (Å²) < 4.78 is 0. The molecular weight excluding hydrogens is 284 g/mol. The highest BCUT2D eigenvalue weighted by Crippen LogP contribution is 2.47. The van der Waals surface area contributed by atoms with Gasteiger partial charge in [-0.1, -0.05) is 38.1 Å². The van der Waals surface area contributed by atoms with Gasteiger partial charge in [-0.3, -0.25) is 4.79 Å². The zero-order chi connectivity index (χ0) is 14.1. The second-order valence-electron chi connectivity index (χ2n) is 6.54. The summed E-state index contributed by atoms with van der Waals surface area (Å²) in [6.45, 7) is 7.34. The topological polar surface area (TPSA) is 41.1 Å². The molecule has 2 atom stereocenters. The largest absolute Gasteiger partial charge is 0.355 e. The molecule has 0 bridgehead atoms. The highest BCUT2D eigenvalue weighted by Gasteiger charge is 2.43. The van der Waals surface area contributed by atoms with Gasteiger partial charge in [-0.2, -0.15) is 0 Å². The van der Waals surface area contributed by atoms with Crippen molar-refractivity contribution < 1.29 is 4.79 Å². The zero-order valence-corrected chi connectivity index (χ0v) is 13.6. The van der Waals surface area contributed by atoms with Crippen LogP contribution < -0.4 is 10.6 Å². The van der Waals surface area contributed by atoms with Crippen LogP contribution in [0.4, 0.5) is 0 Å². The van der Waals surface area contributed by atoms with Gasteiger partial charge < -0.3 is 10.6 Å². The Bertz CT molecular complexity index is 482. The summed E-state index contributed by atoms with van der Waals surface area (Å²) in [6.07, 6.45) is 1.01. The van der Waals surface area contributed by atoms with E-state index in [0.717, 1.165) is 26.1 Å². The van der Waals surface area contributed by atoms with E-state index in [1.807, 2.05) is 0 Å². The van der Waals surface area contributed by atoms with Gasteiger partial charge in [-0.15, -0.1) is 12.4 Å². The monoisotopic (exact) mass is 308 g/mol. The average Bonchev–Trinajstić information content (AvgIpc) is 3.17. The molecule has 0 spiro atoms. The first-order chi connectivity index (χ1) is 9.65. The minimum Gasteiger partial charge on any atom is -0.355 e. The van der Waals surface area contributed by atoms with E-state index in [1.54, 1.807) is 0 Å². The number of carbonyl (C=O) groups is 1. The molecule has 2 fully saturated rings. The van der Waals surface area contributed by atoms with Gasteiger partial charge in [0.15, 0.2) is 0 Å². The second kappa shape index (κ2) is 6.80. The van der Waals surface area contributed by atoms with Crippen LogP contribution in [0.25, 0.3) is 0 Å². The molecule has 3 nitrogen and oxygen atoms in total. The zero-order valence-electron chi connectivity index (χ0n) is 12.8. The Labute approximate surface area is 133 Å². The molecule has 1 aromatic rings. The molecule has 1 aromatic carbocycles. The predicted octanol–water partition coefficient (Wildman–Crippen LogP) is 2.67. The van der Waals surface area contributed by atoms with Crippen molar-refractivity contribution in [2.24, 2.45) is 11.8 Å². The lowest BCUT2D eigenvalue weighted by atomic mass is 10.00. The summed E-state index contributed by atoms with van der Waals surface area (Å²) in [7, 11) is 0. The van der Waals surface area contributed by atoms with Crippen LogP contribution in [-0.2, 0) is 4.79 Å². The maximum absolute atomic E-state index is 12.1. The Morgan fingerprint density at radius 2 is 1.95 bits per heavy atom. The Morgan fingerprint density at radius 3 is 2.48 bits per heavy atom. The number of amides is 1.